The number of hydrogen-bond acceptors (Lipinski definition) is 13. The molecule has 4 rings (SSSR count). The summed E-state index contributed by atoms with van der Waals surface area (Å²) in [6, 6.07) is 5.18. The van der Waals surface area contributed by atoms with Gasteiger partial charge in [-0.05, 0) is 18.2 Å². The van der Waals surface area contributed by atoms with Crippen molar-refractivity contribution in [2.75, 3.05) is 21.3 Å². The van der Waals surface area contributed by atoms with Crippen LogP contribution >= 0.6 is 0 Å². The Morgan fingerprint density at radius 1 is 0.895 bits per heavy atom. The minimum absolute atomic E-state index is 0.0102. The quantitative estimate of drug-likeness (QED) is 0.237. The smallest absolute Gasteiger partial charge is 0.335 e. The Morgan fingerprint density at radius 2 is 1.58 bits per heavy atom. The second-order valence-corrected chi connectivity index (χ2v) is 8.16. The number of aromatic hydroxyl groups is 2. The molecule has 6 N–H and O–H groups in total. The largest absolute Gasteiger partial charge is 0.504 e. The summed E-state index contributed by atoms with van der Waals surface area (Å²) < 4.78 is 32.0. The van der Waals surface area contributed by atoms with Crippen molar-refractivity contribution in [1.82, 2.24) is 0 Å². The molecule has 0 aliphatic carbocycles. The average Bonchev–Trinajstić information content (AvgIpc) is 2.88. The number of aliphatic hydroxyl groups is 3. The molecular formula is C24H24O14. The molecule has 1 aliphatic rings. The molecular weight excluding hydrogens is 512 g/mol. The molecule has 5 atom stereocenters. The summed E-state index contributed by atoms with van der Waals surface area (Å²) in [7, 11) is 3.69. The van der Waals surface area contributed by atoms with Crippen LogP contribution in [0.4, 0.5) is 0 Å². The SMILES string of the molecule is COc1cc(-c2oc3cc(O)c(OC)c(O)c3c(=O)c2OC)ccc1O[C@@H]1O[C@H](C(=O)O)[C@@H](O)[C@H](O)[C@H]1O. The van der Waals surface area contributed by atoms with Crippen molar-refractivity contribution in [1.29, 1.82) is 0 Å². The van der Waals surface area contributed by atoms with Gasteiger partial charge in [0.25, 0.3) is 0 Å². The lowest BCUT2D eigenvalue weighted by molar-refractivity contribution is -0.271. The van der Waals surface area contributed by atoms with Crippen molar-refractivity contribution in [3.63, 3.8) is 0 Å². The van der Waals surface area contributed by atoms with Gasteiger partial charge in [0, 0.05) is 11.6 Å². The van der Waals surface area contributed by atoms with Gasteiger partial charge in [-0.3, -0.25) is 4.79 Å². The van der Waals surface area contributed by atoms with E-state index in [0.717, 1.165) is 6.07 Å². The highest BCUT2D eigenvalue weighted by molar-refractivity contribution is 5.91. The predicted octanol–water partition coefficient (Wildman–Crippen LogP) is 0.168. The highest BCUT2D eigenvalue weighted by Crippen LogP contribution is 2.44. The molecule has 1 aliphatic heterocycles. The van der Waals surface area contributed by atoms with Gasteiger partial charge in [-0.25, -0.2) is 4.79 Å². The summed E-state index contributed by atoms with van der Waals surface area (Å²) in [5, 5.41) is 59.6. The monoisotopic (exact) mass is 536 g/mol. The first-order chi connectivity index (χ1) is 18.0. The van der Waals surface area contributed by atoms with Crippen LogP contribution < -0.4 is 24.4 Å². The summed E-state index contributed by atoms with van der Waals surface area (Å²) in [5.74, 6) is -3.45. The van der Waals surface area contributed by atoms with Crippen LogP contribution in [0.15, 0.2) is 33.5 Å². The standard InChI is InChI=1S/C24H24O14/c1-33-11-6-8(4-5-10(11)37-24-18(30)16(28)17(29)22(38-24)23(31)32)19-21(35-3)15(27)13-12(36-19)7-9(25)20(34-2)14(13)26/h4-7,16-18,22,24-26,28-30H,1-3H3,(H,31,32)/t16-,17-,18+,22-,24+/m0/s1. The second-order valence-electron chi connectivity index (χ2n) is 8.16. The number of aliphatic hydroxyl groups excluding tert-OH is 3. The maximum Gasteiger partial charge on any atom is 0.335 e. The highest BCUT2D eigenvalue weighted by atomic mass is 16.7. The number of aliphatic carboxylic acids is 1. The Balaban J connectivity index is 1.77. The van der Waals surface area contributed by atoms with E-state index in [1.807, 2.05) is 0 Å². The van der Waals surface area contributed by atoms with Crippen molar-refractivity contribution in [3.05, 3.63) is 34.5 Å². The lowest BCUT2D eigenvalue weighted by atomic mass is 9.99. The first kappa shape index (κ1) is 26.8. The number of ether oxygens (including phenoxy) is 5. The zero-order chi connectivity index (χ0) is 27.9. The minimum Gasteiger partial charge on any atom is -0.504 e. The Hall–Kier alpha value is -4.24. The molecule has 2 aromatic carbocycles. The fraction of sp³-hybridized carbons (Fsp3) is 0.333. The maximum atomic E-state index is 13.1. The van der Waals surface area contributed by atoms with Crippen LogP contribution in [-0.4, -0.2) is 88.6 Å². The Labute approximate surface area is 213 Å². The van der Waals surface area contributed by atoms with E-state index < -0.39 is 53.6 Å². The first-order valence-corrected chi connectivity index (χ1v) is 10.9. The van der Waals surface area contributed by atoms with Crippen LogP contribution in [-0.2, 0) is 9.53 Å². The molecule has 1 fully saturated rings. The zero-order valence-corrected chi connectivity index (χ0v) is 20.1. The number of carboxylic acids is 1. The Morgan fingerprint density at radius 3 is 2.18 bits per heavy atom. The molecule has 14 heteroatoms. The van der Waals surface area contributed by atoms with Crippen LogP contribution in [0, 0.1) is 0 Å². The molecule has 0 unspecified atom stereocenters. The van der Waals surface area contributed by atoms with Crippen molar-refractivity contribution in [3.8, 4) is 45.8 Å². The van der Waals surface area contributed by atoms with Gasteiger partial charge in [0.15, 0.2) is 34.9 Å². The number of fused-ring (bicyclic) bond motifs is 1. The van der Waals surface area contributed by atoms with Gasteiger partial charge >= 0.3 is 5.97 Å². The highest BCUT2D eigenvalue weighted by Gasteiger charge is 2.48. The van der Waals surface area contributed by atoms with E-state index in [2.05, 4.69) is 0 Å². The topological polar surface area (TPSA) is 215 Å². The van der Waals surface area contributed by atoms with Gasteiger partial charge in [-0.1, -0.05) is 0 Å². The molecule has 3 aromatic rings. The van der Waals surface area contributed by atoms with Crippen LogP contribution in [0.2, 0.25) is 0 Å². The Kier molecular flexibility index (Phi) is 7.24. The van der Waals surface area contributed by atoms with Gasteiger partial charge in [0.2, 0.25) is 23.2 Å². The molecule has 0 radical (unpaired) electrons. The summed E-state index contributed by atoms with van der Waals surface area (Å²) in [6.45, 7) is 0. The molecule has 204 valence electrons. The minimum atomic E-state index is -1.89. The lowest BCUT2D eigenvalue weighted by Crippen LogP contribution is -2.61. The number of carboxylic acid groups (broad SMARTS) is 1. The van der Waals surface area contributed by atoms with E-state index in [1.165, 1.54) is 39.5 Å². The van der Waals surface area contributed by atoms with Crippen LogP contribution in [0.25, 0.3) is 22.3 Å². The fourth-order valence-corrected chi connectivity index (χ4v) is 4.04. The van der Waals surface area contributed by atoms with Crippen molar-refractivity contribution < 1.29 is 63.5 Å². The molecule has 1 saturated heterocycles. The zero-order valence-electron chi connectivity index (χ0n) is 20.1. The number of hydrogen-bond donors (Lipinski definition) is 6. The van der Waals surface area contributed by atoms with E-state index in [0.29, 0.717) is 0 Å². The fourth-order valence-electron chi connectivity index (χ4n) is 4.04. The molecule has 0 saturated carbocycles. The van der Waals surface area contributed by atoms with E-state index in [4.69, 9.17) is 28.1 Å². The van der Waals surface area contributed by atoms with Gasteiger partial charge in [0.1, 0.15) is 29.3 Å². The number of benzene rings is 2. The molecule has 2 heterocycles. The first-order valence-electron chi connectivity index (χ1n) is 10.9. The summed E-state index contributed by atoms with van der Waals surface area (Å²) in [5.41, 5.74) is -0.708. The molecule has 0 amide bonds. The summed E-state index contributed by atoms with van der Waals surface area (Å²) in [4.78, 5) is 24.5. The van der Waals surface area contributed by atoms with Crippen LogP contribution in [0.3, 0.4) is 0 Å². The van der Waals surface area contributed by atoms with Gasteiger partial charge in [-0.15, -0.1) is 0 Å². The molecule has 0 spiro atoms. The number of methoxy groups -OCH3 is 3. The number of rotatable bonds is 7. The van der Waals surface area contributed by atoms with Crippen molar-refractivity contribution in [2.45, 2.75) is 30.7 Å². The third-order valence-electron chi connectivity index (χ3n) is 5.94. The van der Waals surface area contributed by atoms with Crippen LogP contribution in [0.5, 0.6) is 34.5 Å². The number of phenolic OH excluding ortho intramolecular Hbond substituents is 2. The summed E-state index contributed by atoms with van der Waals surface area (Å²) >= 11 is 0. The van der Waals surface area contributed by atoms with E-state index in [9.17, 15) is 40.2 Å². The lowest BCUT2D eigenvalue weighted by Gasteiger charge is -2.38. The third-order valence-corrected chi connectivity index (χ3v) is 5.94. The van der Waals surface area contributed by atoms with Gasteiger partial charge in [-0.2, -0.15) is 0 Å². The average molecular weight is 536 g/mol. The number of phenols is 2. The van der Waals surface area contributed by atoms with Crippen molar-refractivity contribution >= 4 is 16.9 Å². The van der Waals surface area contributed by atoms with E-state index in [1.54, 1.807) is 0 Å². The Bertz CT molecular complexity index is 1430. The van der Waals surface area contributed by atoms with E-state index in [-0.39, 0.29) is 45.3 Å². The van der Waals surface area contributed by atoms with Gasteiger partial charge in [0.05, 0.1) is 21.3 Å². The maximum absolute atomic E-state index is 13.1. The second kappa shape index (κ2) is 10.3. The molecule has 0 bridgehead atoms. The molecule has 1 aromatic heterocycles. The van der Waals surface area contributed by atoms with E-state index >= 15 is 0 Å². The summed E-state index contributed by atoms with van der Waals surface area (Å²) in [6.07, 6.45) is -9.13. The predicted molar refractivity (Wildman–Crippen MR) is 126 cm³/mol. The normalized spacial score (nSPS) is 23.2. The van der Waals surface area contributed by atoms with Crippen LogP contribution in [0.1, 0.15) is 0 Å². The molecule has 38 heavy (non-hydrogen) atoms. The third kappa shape index (κ3) is 4.39. The number of carbonyl (C=O) groups is 1. The van der Waals surface area contributed by atoms with Crippen molar-refractivity contribution in [2.24, 2.45) is 0 Å². The van der Waals surface area contributed by atoms with Gasteiger partial charge < -0.3 is 58.7 Å². The molecule has 14 nitrogen and oxygen atoms in total.